The Kier molecular flexibility index (Phi) is 6.47. The zero-order valence-electron chi connectivity index (χ0n) is 16.9. The number of hydrogen-bond donors (Lipinski definition) is 0. The summed E-state index contributed by atoms with van der Waals surface area (Å²) in [6.07, 6.45) is 1.80. The van der Waals surface area contributed by atoms with Gasteiger partial charge in [0.25, 0.3) is 0 Å². The summed E-state index contributed by atoms with van der Waals surface area (Å²) in [4.78, 5) is 29.5. The number of hydrogen-bond acceptors (Lipinski definition) is 6. The standard InChI is InChI=1S/C23H19IN2O4S/c1-3-29-21(27)14(2)31-23-25-19(13-26(23)17-10-8-16(24)9-11-17)18-12-15-6-4-5-7-20(15)30-22(18)28/h4-14H,3H2,1-2H3. The third kappa shape index (κ3) is 4.69. The number of para-hydroxylation sites is 1. The van der Waals surface area contributed by atoms with E-state index >= 15 is 0 Å². The summed E-state index contributed by atoms with van der Waals surface area (Å²) in [6.45, 7) is 3.87. The van der Waals surface area contributed by atoms with E-state index in [1.807, 2.05) is 47.0 Å². The predicted octanol–water partition coefficient (Wildman–Crippen LogP) is 5.29. The first-order valence-electron chi connectivity index (χ1n) is 9.68. The lowest BCUT2D eigenvalue weighted by Crippen LogP contribution is -2.17. The highest BCUT2D eigenvalue weighted by atomic mass is 127. The molecule has 0 saturated heterocycles. The molecule has 4 rings (SSSR count). The van der Waals surface area contributed by atoms with Crippen LogP contribution in [0.5, 0.6) is 0 Å². The van der Waals surface area contributed by atoms with Gasteiger partial charge < -0.3 is 9.15 Å². The SMILES string of the molecule is CCOC(=O)C(C)Sc1nc(-c2cc3ccccc3oc2=O)cn1-c1ccc(I)cc1. The minimum Gasteiger partial charge on any atom is -0.465 e. The van der Waals surface area contributed by atoms with Gasteiger partial charge in [-0.2, -0.15) is 0 Å². The number of thioether (sulfide) groups is 1. The van der Waals surface area contributed by atoms with Crippen molar-refractivity contribution >= 4 is 51.3 Å². The molecule has 1 unspecified atom stereocenters. The largest absolute Gasteiger partial charge is 0.465 e. The van der Waals surface area contributed by atoms with Gasteiger partial charge in [-0.25, -0.2) is 9.78 Å². The molecule has 4 aromatic rings. The molecule has 2 aromatic carbocycles. The monoisotopic (exact) mass is 546 g/mol. The highest BCUT2D eigenvalue weighted by Crippen LogP contribution is 2.30. The van der Waals surface area contributed by atoms with E-state index in [9.17, 15) is 9.59 Å². The summed E-state index contributed by atoms with van der Waals surface area (Å²) in [5, 5.41) is 0.949. The Morgan fingerprint density at radius 3 is 2.71 bits per heavy atom. The number of ether oxygens (including phenoxy) is 1. The molecule has 0 N–H and O–H groups in total. The molecule has 8 heteroatoms. The smallest absolute Gasteiger partial charge is 0.345 e. The minimum atomic E-state index is -0.457. The predicted molar refractivity (Wildman–Crippen MR) is 130 cm³/mol. The van der Waals surface area contributed by atoms with Crippen molar-refractivity contribution in [1.29, 1.82) is 0 Å². The first-order valence-corrected chi connectivity index (χ1v) is 11.6. The third-order valence-corrected chi connectivity index (χ3v) is 6.36. The van der Waals surface area contributed by atoms with Crippen molar-refractivity contribution in [3.8, 4) is 16.9 Å². The van der Waals surface area contributed by atoms with Gasteiger partial charge >= 0.3 is 11.6 Å². The van der Waals surface area contributed by atoms with Crippen LogP contribution in [0.1, 0.15) is 13.8 Å². The fourth-order valence-electron chi connectivity index (χ4n) is 3.07. The van der Waals surface area contributed by atoms with E-state index in [1.54, 1.807) is 32.2 Å². The van der Waals surface area contributed by atoms with Crippen molar-refractivity contribution in [2.75, 3.05) is 6.61 Å². The molecule has 0 bridgehead atoms. The maximum absolute atomic E-state index is 12.7. The number of esters is 1. The molecule has 2 heterocycles. The molecule has 0 aliphatic heterocycles. The van der Waals surface area contributed by atoms with Crippen molar-refractivity contribution in [2.45, 2.75) is 24.3 Å². The van der Waals surface area contributed by atoms with E-state index in [4.69, 9.17) is 9.15 Å². The van der Waals surface area contributed by atoms with E-state index in [2.05, 4.69) is 27.6 Å². The van der Waals surface area contributed by atoms with Crippen LogP contribution < -0.4 is 5.63 Å². The molecule has 2 aromatic heterocycles. The molecule has 31 heavy (non-hydrogen) atoms. The Morgan fingerprint density at radius 2 is 1.97 bits per heavy atom. The molecule has 158 valence electrons. The Balaban J connectivity index is 1.81. The maximum Gasteiger partial charge on any atom is 0.345 e. The number of fused-ring (bicyclic) bond motifs is 1. The van der Waals surface area contributed by atoms with Gasteiger partial charge in [0.05, 0.1) is 17.9 Å². The first kappa shape index (κ1) is 21.6. The molecular formula is C23H19IN2O4S. The average molecular weight is 546 g/mol. The van der Waals surface area contributed by atoms with E-state index in [1.165, 1.54) is 11.8 Å². The van der Waals surface area contributed by atoms with E-state index < -0.39 is 10.9 Å². The van der Waals surface area contributed by atoms with Crippen molar-refractivity contribution in [2.24, 2.45) is 0 Å². The molecule has 1 atom stereocenters. The molecule has 0 aliphatic rings. The van der Waals surface area contributed by atoms with Crippen LogP contribution in [0.4, 0.5) is 0 Å². The number of carbonyl (C=O) groups excluding carboxylic acids is 1. The van der Waals surface area contributed by atoms with Gasteiger partial charge in [0.15, 0.2) is 5.16 Å². The van der Waals surface area contributed by atoms with Gasteiger partial charge in [0, 0.05) is 20.8 Å². The molecule has 0 aliphatic carbocycles. The molecular weight excluding hydrogens is 527 g/mol. The van der Waals surface area contributed by atoms with Crippen molar-refractivity contribution in [3.63, 3.8) is 0 Å². The average Bonchev–Trinajstić information content (AvgIpc) is 3.17. The van der Waals surface area contributed by atoms with Crippen molar-refractivity contribution in [3.05, 3.63) is 74.8 Å². The van der Waals surface area contributed by atoms with Crippen LogP contribution in [0.2, 0.25) is 0 Å². The lowest BCUT2D eigenvalue weighted by atomic mass is 10.1. The quantitative estimate of drug-likeness (QED) is 0.142. The summed E-state index contributed by atoms with van der Waals surface area (Å²) >= 11 is 3.53. The lowest BCUT2D eigenvalue weighted by Gasteiger charge is -2.11. The molecule has 0 spiro atoms. The fourth-order valence-corrected chi connectivity index (χ4v) is 4.33. The Bertz CT molecular complexity index is 1300. The zero-order valence-corrected chi connectivity index (χ0v) is 19.8. The van der Waals surface area contributed by atoms with Gasteiger partial charge in [-0.1, -0.05) is 30.0 Å². The lowest BCUT2D eigenvalue weighted by molar-refractivity contribution is -0.142. The second-order valence-corrected chi connectivity index (χ2v) is 9.31. The normalized spacial score (nSPS) is 12.1. The molecule has 0 fully saturated rings. The van der Waals surface area contributed by atoms with Crippen LogP contribution in [0.25, 0.3) is 27.9 Å². The molecule has 0 amide bonds. The summed E-state index contributed by atoms with van der Waals surface area (Å²) in [7, 11) is 0. The summed E-state index contributed by atoms with van der Waals surface area (Å²) in [5.74, 6) is -0.309. The number of aromatic nitrogens is 2. The van der Waals surface area contributed by atoms with E-state index in [0.29, 0.717) is 28.6 Å². The van der Waals surface area contributed by atoms with Gasteiger partial charge in [0.1, 0.15) is 10.8 Å². The van der Waals surface area contributed by atoms with Crippen LogP contribution >= 0.6 is 34.4 Å². The van der Waals surface area contributed by atoms with Crippen molar-refractivity contribution in [1.82, 2.24) is 9.55 Å². The third-order valence-electron chi connectivity index (χ3n) is 4.60. The van der Waals surface area contributed by atoms with Gasteiger partial charge in [-0.3, -0.25) is 9.36 Å². The summed E-state index contributed by atoms with van der Waals surface area (Å²) in [6, 6.07) is 17.0. The summed E-state index contributed by atoms with van der Waals surface area (Å²) < 4.78 is 13.6. The second kappa shape index (κ2) is 9.27. The highest BCUT2D eigenvalue weighted by molar-refractivity contribution is 14.1. The van der Waals surface area contributed by atoms with Gasteiger partial charge in [-0.15, -0.1) is 0 Å². The Hall–Kier alpha value is -2.59. The number of carbonyl (C=O) groups is 1. The topological polar surface area (TPSA) is 74.3 Å². The molecule has 0 saturated carbocycles. The van der Waals surface area contributed by atoms with Gasteiger partial charge in [-0.05, 0) is 72.8 Å². The van der Waals surface area contributed by atoms with Crippen LogP contribution in [0.3, 0.4) is 0 Å². The van der Waals surface area contributed by atoms with Crippen LogP contribution in [0, 0.1) is 3.57 Å². The number of halogens is 1. The Morgan fingerprint density at radius 1 is 1.23 bits per heavy atom. The van der Waals surface area contributed by atoms with Gasteiger partial charge in [0.2, 0.25) is 0 Å². The van der Waals surface area contributed by atoms with E-state index in [0.717, 1.165) is 14.6 Å². The summed E-state index contributed by atoms with van der Waals surface area (Å²) in [5.41, 5.74) is 1.80. The zero-order chi connectivity index (χ0) is 22.0. The van der Waals surface area contributed by atoms with Crippen LogP contribution in [0.15, 0.2) is 75.2 Å². The number of benzene rings is 2. The van der Waals surface area contributed by atoms with Crippen molar-refractivity contribution < 1.29 is 13.9 Å². The number of imidazole rings is 1. The van der Waals surface area contributed by atoms with Crippen LogP contribution in [-0.2, 0) is 9.53 Å². The van der Waals surface area contributed by atoms with E-state index in [-0.39, 0.29) is 5.97 Å². The molecule has 6 nitrogen and oxygen atoms in total. The number of rotatable bonds is 6. The minimum absolute atomic E-state index is 0.309. The number of nitrogens with zero attached hydrogens (tertiary/aromatic N) is 2. The molecule has 0 radical (unpaired) electrons. The Labute approximate surface area is 196 Å². The van der Waals surface area contributed by atoms with Crippen LogP contribution in [-0.4, -0.2) is 27.4 Å². The first-order chi connectivity index (χ1) is 15.0. The fraction of sp³-hybridized carbons (Fsp3) is 0.174. The second-order valence-electron chi connectivity index (χ2n) is 6.75. The maximum atomic E-state index is 12.7. The highest BCUT2D eigenvalue weighted by Gasteiger charge is 2.22.